The third-order valence-corrected chi connectivity index (χ3v) is 4.40. The van der Waals surface area contributed by atoms with E-state index in [2.05, 4.69) is 0 Å². The summed E-state index contributed by atoms with van der Waals surface area (Å²) in [4.78, 5) is 28.3. The predicted molar refractivity (Wildman–Crippen MR) is 90.1 cm³/mol. The van der Waals surface area contributed by atoms with E-state index in [1.54, 1.807) is 24.1 Å². The second-order valence-electron chi connectivity index (χ2n) is 6.07. The first-order valence-corrected chi connectivity index (χ1v) is 8.15. The third-order valence-electron chi connectivity index (χ3n) is 4.10. The van der Waals surface area contributed by atoms with Gasteiger partial charge in [-0.25, -0.2) is 0 Å². The van der Waals surface area contributed by atoms with E-state index in [-0.39, 0.29) is 17.7 Å². The van der Waals surface area contributed by atoms with Gasteiger partial charge in [0.15, 0.2) is 0 Å². The normalized spacial score (nSPS) is 15.0. The second-order valence-corrected chi connectivity index (χ2v) is 6.48. The highest BCUT2D eigenvalue weighted by molar-refractivity contribution is 6.32. The average molecular weight is 339 g/mol. The molecule has 1 aliphatic heterocycles. The molecule has 1 aromatic rings. The molecule has 2 rings (SSSR count). The molecule has 2 amide bonds. The zero-order valence-corrected chi connectivity index (χ0v) is 14.8. The summed E-state index contributed by atoms with van der Waals surface area (Å²) in [6.45, 7) is 7.88. The standard InChI is InChI=1S/C17H23ClN2O3/c1-11(2)16(21)19-5-7-20(8-6-19)17(22)13-10-14(18)15(23-4)9-12(13)3/h9-11H,5-8H2,1-4H3. The topological polar surface area (TPSA) is 49.9 Å². The minimum atomic E-state index is -0.0521. The Bertz CT molecular complexity index is 608. The minimum Gasteiger partial charge on any atom is -0.495 e. The van der Waals surface area contributed by atoms with Gasteiger partial charge in [0.05, 0.1) is 12.1 Å². The molecule has 5 nitrogen and oxygen atoms in total. The van der Waals surface area contributed by atoms with E-state index in [4.69, 9.17) is 16.3 Å². The summed E-state index contributed by atoms with van der Waals surface area (Å²) in [7, 11) is 1.55. The number of amides is 2. The number of carbonyl (C=O) groups is 2. The van der Waals surface area contributed by atoms with Crippen molar-refractivity contribution in [1.29, 1.82) is 0 Å². The van der Waals surface area contributed by atoms with Crippen LogP contribution < -0.4 is 4.74 Å². The molecule has 0 aliphatic carbocycles. The van der Waals surface area contributed by atoms with Gasteiger partial charge >= 0.3 is 0 Å². The fourth-order valence-corrected chi connectivity index (χ4v) is 2.95. The van der Waals surface area contributed by atoms with E-state index >= 15 is 0 Å². The molecule has 0 atom stereocenters. The molecule has 0 spiro atoms. The predicted octanol–water partition coefficient (Wildman–Crippen LogP) is 2.60. The number of hydrogen-bond acceptors (Lipinski definition) is 3. The first kappa shape index (κ1) is 17.6. The molecular formula is C17H23ClN2O3. The number of rotatable bonds is 3. The monoisotopic (exact) mass is 338 g/mol. The summed E-state index contributed by atoms with van der Waals surface area (Å²) in [5.74, 6) is 0.637. The number of halogens is 1. The molecule has 23 heavy (non-hydrogen) atoms. The first-order chi connectivity index (χ1) is 10.8. The Kier molecular flexibility index (Phi) is 5.52. The molecule has 0 bridgehead atoms. The number of piperazine rings is 1. The van der Waals surface area contributed by atoms with Crippen molar-refractivity contribution in [2.75, 3.05) is 33.3 Å². The molecule has 0 aromatic heterocycles. The van der Waals surface area contributed by atoms with Crippen LogP contribution in [-0.4, -0.2) is 54.9 Å². The van der Waals surface area contributed by atoms with Crippen LogP contribution in [0, 0.1) is 12.8 Å². The Morgan fingerprint density at radius 1 is 1.13 bits per heavy atom. The van der Waals surface area contributed by atoms with Gasteiger partial charge in [-0.3, -0.25) is 9.59 Å². The third kappa shape index (κ3) is 3.78. The van der Waals surface area contributed by atoms with E-state index < -0.39 is 0 Å². The molecule has 1 saturated heterocycles. The Hall–Kier alpha value is -1.75. The molecule has 0 unspecified atom stereocenters. The number of hydrogen-bond donors (Lipinski definition) is 0. The SMILES string of the molecule is COc1cc(C)c(C(=O)N2CCN(C(=O)C(C)C)CC2)cc1Cl. The van der Waals surface area contributed by atoms with Gasteiger partial charge in [-0.2, -0.15) is 0 Å². The fraction of sp³-hybridized carbons (Fsp3) is 0.529. The van der Waals surface area contributed by atoms with Gasteiger partial charge in [0.25, 0.3) is 5.91 Å². The van der Waals surface area contributed by atoms with Gasteiger partial charge in [0.1, 0.15) is 5.75 Å². The van der Waals surface area contributed by atoms with Gasteiger partial charge < -0.3 is 14.5 Å². The van der Waals surface area contributed by atoms with E-state index in [9.17, 15) is 9.59 Å². The highest BCUT2D eigenvalue weighted by atomic mass is 35.5. The molecular weight excluding hydrogens is 316 g/mol. The van der Waals surface area contributed by atoms with Gasteiger partial charge in [-0.1, -0.05) is 25.4 Å². The summed E-state index contributed by atoms with van der Waals surface area (Å²) in [6.07, 6.45) is 0. The minimum absolute atomic E-state index is 0.0140. The van der Waals surface area contributed by atoms with Crippen molar-refractivity contribution >= 4 is 23.4 Å². The highest BCUT2D eigenvalue weighted by Crippen LogP contribution is 2.28. The van der Waals surface area contributed by atoms with Crippen molar-refractivity contribution in [3.8, 4) is 5.75 Å². The van der Waals surface area contributed by atoms with Gasteiger partial charge in [0, 0.05) is 37.7 Å². The van der Waals surface area contributed by atoms with Crippen LogP contribution in [0.3, 0.4) is 0 Å². The van der Waals surface area contributed by atoms with E-state index in [0.717, 1.165) is 5.56 Å². The van der Waals surface area contributed by atoms with E-state index in [0.29, 0.717) is 42.5 Å². The fourth-order valence-electron chi connectivity index (χ4n) is 2.71. The number of ether oxygens (including phenoxy) is 1. The maximum absolute atomic E-state index is 12.7. The van der Waals surface area contributed by atoms with Crippen LogP contribution in [0.5, 0.6) is 5.75 Å². The average Bonchev–Trinajstić information content (AvgIpc) is 2.55. The van der Waals surface area contributed by atoms with Gasteiger partial charge in [-0.15, -0.1) is 0 Å². The van der Waals surface area contributed by atoms with Crippen LogP contribution in [0.15, 0.2) is 12.1 Å². The lowest BCUT2D eigenvalue weighted by molar-refractivity contribution is -0.135. The smallest absolute Gasteiger partial charge is 0.254 e. The van der Waals surface area contributed by atoms with Crippen molar-refractivity contribution in [2.24, 2.45) is 5.92 Å². The molecule has 0 radical (unpaired) electrons. The molecule has 1 aliphatic rings. The molecule has 1 fully saturated rings. The van der Waals surface area contributed by atoms with Crippen molar-refractivity contribution in [3.63, 3.8) is 0 Å². The Labute approximate surface area is 142 Å². The lowest BCUT2D eigenvalue weighted by atomic mass is 10.1. The van der Waals surface area contributed by atoms with Gasteiger partial charge in [0.2, 0.25) is 5.91 Å². The molecule has 126 valence electrons. The zero-order valence-electron chi connectivity index (χ0n) is 14.1. The lowest BCUT2D eigenvalue weighted by Gasteiger charge is -2.35. The van der Waals surface area contributed by atoms with Crippen molar-refractivity contribution in [3.05, 3.63) is 28.3 Å². The van der Waals surface area contributed by atoms with E-state index in [1.807, 2.05) is 25.7 Å². The van der Waals surface area contributed by atoms with Crippen LogP contribution in [0.2, 0.25) is 5.02 Å². The highest BCUT2D eigenvalue weighted by Gasteiger charge is 2.27. The zero-order chi connectivity index (χ0) is 17.1. The van der Waals surface area contributed by atoms with Crippen LogP contribution in [0.1, 0.15) is 29.8 Å². The molecule has 0 N–H and O–H groups in total. The lowest BCUT2D eigenvalue weighted by Crippen LogP contribution is -2.51. The summed E-state index contributed by atoms with van der Waals surface area (Å²) < 4.78 is 5.17. The van der Waals surface area contributed by atoms with Crippen LogP contribution in [0.4, 0.5) is 0 Å². The van der Waals surface area contributed by atoms with Crippen LogP contribution >= 0.6 is 11.6 Å². The van der Waals surface area contributed by atoms with E-state index in [1.165, 1.54) is 0 Å². The summed E-state index contributed by atoms with van der Waals surface area (Å²) in [5, 5.41) is 0.426. The van der Waals surface area contributed by atoms with Crippen LogP contribution in [0.25, 0.3) is 0 Å². The number of carbonyl (C=O) groups excluding carboxylic acids is 2. The number of benzene rings is 1. The molecule has 1 heterocycles. The Balaban J connectivity index is 2.08. The van der Waals surface area contributed by atoms with Crippen LogP contribution in [-0.2, 0) is 4.79 Å². The largest absolute Gasteiger partial charge is 0.495 e. The summed E-state index contributed by atoms with van der Waals surface area (Å²) >= 11 is 6.14. The Morgan fingerprint density at radius 3 is 2.22 bits per heavy atom. The number of nitrogens with zero attached hydrogens (tertiary/aromatic N) is 2. The summed E-state index contributed by atoms with van der Waals surface area (Å²) in [5.41, 5.74) is 1.41. The van der Waals surface area contributed by atoms with Crippen molar-refractivity contribution in [2.45, 2.75) is 20.8 Å². The molecule has 0 saturated carbocycles. The maximum Gasteiger partial charge on any atom is 0.254 e. The molecule has 6 heteroatoms. The Morgan fingerprint density at radius 2 is 1.70 bits per heavy atom. The van der Waals surface area contributed by atoms with Gasteiger partial charge in [-0.05, 0) is 24.6 Å². The first-order valence-electron chi connectivity index (χ1n) is 7.77. The van der Waals surface area contributed by atoms with Crippen molar-refractivity contribution < 1.29 is 14.3 Å². The summed E-state index contributed by atoms with van der Waals surface area (Å²) in [6, 6.07) is 3.43. The van der Waals surface area contributed by atoms with Crippen molar-refractivity contribution in [1.82, 2.24) is 9.80 Å². The number of methoxy groups -OCH3 is 1. The molecule has 1 aromatic carbocycles. The maximum atomic E-state index is 12.7. The second kappa shape index (κ2) is 7.21. The number of aryl methyl sites for hydroxylation is 1. The quantitative estimate of drug-likeness (QED) is 0.851.